The van der Waals surface area contributed by atoms with Gasteiger partial charge in [0.15, 0.2) is 0 Å². The zero-order valence-corrected chi connectivity index (χ0v) is 17.0. The van der Waals surface area contributed by atoms with Crippen molar-refractivity contribution in [3.05, 3.63) is 65.2 Å². The van der Waals surface area contributed by atoms with Gasteiger partial charge in [0.05, 0.1) is 12.6 Å². The van der Waals surface area contributed by atoms with Crippen LogP contribution in [0.2, 0.25) is 0 Å². The molecular formula is C22H25F3N4O. The number of allylic oxidation sites excluding steroid dienone is 1. The van der Waals surface area contributed by atoms with E-state index < -0.39 is 12.2 Å². The molecule has 1 heterocycles. The van der Waals surface area contributed by atoms with Gasteiger partial charge in [-0.1, -0.05) is 36.4 Å². The van der Waals surface area contributed by atoms with E-state index in [1.165, 1.54) is 0 Å². The number of alkyl halides is 3. The molecule has 2 atom stereocenters. The van der Waals surface area contributed by atoms with E-state index in [4.69, 9.17) is 5.73 Å². The minimum absolute atomic E-state index is 0.176. The maximum absolute atomic E-state index is 13.0. The molecule has 1 aliphatic rings. The summed E-state index contributed by atoms with van der Waals surface area (Å²) in [5, 5.41) is 5.33. The lowest BCUT2D eigenvalue weighted by Crippen LogP contribution is -2.40. The van der Waals surface area contributed by atoms with Crippen molar-refractivity contribution in [1.29, 1.82) is 0 Å². The van der Waals surface area contributed by atoms with Gasteiger partial charge in [-0.15, -0.1) is 0 Å². The number of rotatable bonds is 5. The quantitative estimate of drug-likeness (QED) is 0.579. The zero-order valence-electron chi connectivity index (χ0n) is 17.0. The Hall–Kier alpha value is -3.16. The predicted molar refractivity (Wildman–Crippen MR) is 113 cm³/mol. The molecule has 3 rings (SSSR count). The number of benzene rings is 2. The molecule has 0 fully saturated rings. The smallest absolute Gasteiger partial charge is 0.398 e. The van der Waals surface area contributed by atoms with Gasteiger partial charge < -0.3 is 21.3 Å². The number of nitrogens with one attached hydrogen (secondary N) is 2. The Morgan fingerprint density at radius 2 is 1.90 bits per heavy atom. The summed E-state index contributed by atoms with van der Waals surface area (Å²) in [6.45, 7) is 4.95. The number of amides is 2. The Labute approximate surface area is 173 Å². The van der Waals surface area contributed by atoms with Crippen molar-refractivity contribution in [3.8, 4) is 0 Å². The van der Waals surface area contributed by atoms with Gasteiger partial charge in [-0.05, 0) is 44.0 Å². The number of nitrogens with zero attached hydrogens (tertiary/aromatic N) is 1. The molecule has 0 bridgehead atoms. The lowest BCUT2D eigenvalue weighted by atomic mass is 9.99. The van der Waals surface area contributed by atoms with E-state index >= 15 is 0 Å². The summed E-state index contributed by atoms with van der Waals surface area (Å²) in [5.41, 5.74) is 9.49. The van der Waals surface area contributed by atoms with Crippen molar-refractivity contribution in [1.82, 2.24) is 10.2 Å². The third-order valence-corrected chi connectivity index (χ3v) is 5.31. The van der Waals surface area contributed by atoms with E-state index in [1.807, 2.05) is 37.3 Å². The van der Waals surface area contributed by atoms with E-state index in [0.717, 1.165) is 18.1 Å². The molecule has 0 radical (unpaired) electrons. The van der Waals surface area contributed by atoms with Crippen molar-refractivity contribution in [2.45, 2.75) is 45.6 Å². The van der Waals surface area contributed by atoms with E-state index in [9.17, 15) is 18.0 Å². The number of carbonyl (C=O) groups is 1. The van der Waals surface area contributed by atoms with Crippen LogP contribution in [0, 0.1) is 0 Å². The Morgan fingerprint density at radius 3 is 2.50 bits per heavy atom. The summed E-state index contributed by atoms with van der Waals surface area (Å²) in [4.78, 5) is 14.3. The minimum Gasteiger partial charge on any atom is -0.398 e. The van der Waals surface area contributed by atoms with Crippen LogP contribution in [0.5, 0.6) is 0 Å². The highest BCUT2D eigenvalue weighted by Gasteiger charge is 2.36. The molecule has 1 aliphatic heterocycles. The zero-order chi connectivity index (χ0) is 22.1. The molecule has 30 heavy (non-hydrogen) atoms. The average Bonchev–Trinajstić information content (AvgIpc) is 2.70. The number of hydrogen-bond donors (Lipinski definition) is 3. The highest BCUT2D eigenvalue weighted by molar-refractivity contribution is 5.94. The molecular weight excluding hydrogens is 393 g/mol. The van der Waals surface area contributed by atoms with Gasteiger partial charge >= 0.3 is 12.2 Å². The second-order valence-corrected chi connectivity index (χ2v) is 7.35. The fourth-order valence-electron chi connectivity index (χ4n) is 3.44. The van der Waals surface area contributed by atoms with Gasteiger partial charge in [-0.3, -0.25) is 0 Å². The molecule has 0 aromatic heterocycles. The maximum atomic E-state index is 13.0. The number of anilines is 2. The monoisotopic (exact) mass is 418 g/mol. The molecule has 2 aromatic carbocycles. The summed E-state index contributed by atoms with van der Waals surface area (Å²) in [6, 6.07) is 10.8. The summed E-state index contributed by atoms with van der Waals surface area (Å²) < 4.78 is 39.0. The molecule has 5 nitrogen and oxygen atoms in total. The van der Waals surface area contributed by atoms with Crippen LogP contribution in [0.15, 0.2) is 48.5 Å². The normalized spacial score (nSPS) is 16.5. The molecule has 8 heteroatoms. The first-order chi connectivity index (χ1) is 14.1. The number of halogens is 3. The van der Waals surface area contributed by atoms with E-state index in [2.05, 4.69) is 10.6 Å². The molecule has 4 N–H and O–H groups in total. The van der Waals surface area contributed by atoms with Gasteiger partial charge in [0.2, 0.25) is 0 Å². The standard InChI is InChI=1S/C22H25F3N4O/c1-4-19(27-14(3)22(23,24)25)17-10-16-12-29(13(2)15-8-6-5-7-9-15)21(30)28-20(16)11-18(17)26/h4-11,13-14,27H,12,26H2,1-3H3,(H,28,30)/b19-4+/t13-,14+/m1/s1. The molecule has 0 spiro atoms. The lowest BCUT2D eigenvalue weighted by Gasteiger charge is -2.35. The number of carbonyl (C=O) groups excluding carboxylic acids is 1. The maximum Gasteiger partial charge on any atom is 0.408 e. The first kappa shape index (κ1) is 21.5. The van der Waals surface area contributed by atoms with Gasteiger partial charge in [0.25, 0.3) is 0 Å². The fraction of sp³-hybridized carbons (Fsp3) is 0.318. The molecule has 0 aliphatic carbocycles. The third-order valence-electron chi connectivity index (χ3n) is 5.31. The molecule has 0 saturated heterocycles. The molecule has 2 aromatic rings. The second kappa shape index (κ2) is 8.30. The summed E-state index contributed by atoms with van der Waals surface area (Å²) in [7, 11) is 0. The van der Waals surface area contributed by atoms with Crippen molar-refractivity contribution in [3.63, 3.8) is 0 Å². The Kier molecular flexibility index (Phi) is 5.96. The Morgan fingerprint density at radius 1 is 1.23 bits per heavy atom. The average molecular weight is 418 g/mol. The van der Waals surface area contributed by atoms with Gasteiger partial charge in [0.1, 0.15) is 6.04 Å². The highest BCUT2D eigenvalue weighted by atomic mass is 19.4. The van der Waals surface area contributed by atoms with Crippen LogP contribution in [0.3, 0.4) is 0 Å². The van der Waals surface area contributed by atoms with Crippen LogP contribution in [0.25, 0.3) is 5.70 Å². The van der Waals surface area contributed by atoms with Crippen LogP contribution in [0.1, 0.15) is 43.5 Å². The number of nitrogen functional groups attached to an aromatic ring is 1. The van der Waals surface area contributed by atoms with Crippen LogP contribution < -0.4 is 16.4 Å². The fourth-order valence-corrected chi connectivity index (χ4v) is 3.44. The van der Waals surface area contributed by atoms with Gasteiger partial charge in [0, 0.05) is 22.6 Å². The SMILES string of the molecule is C/C=C(/N[C@@H](C)C(F)(F)F)c1cc2c(cc1N)NC(=O)N([C@H](C)c1ccccc1)C2. The van der Waals surface area contributed by atoms with Crippen molar-refractivity contribution in [2.75, 3.05) is 11.1 Å². The summed E-state index contributed by atoms with van der Waals surface area (Å²) in [6.07, 6.45) is -2.82. The first-order valence-electron chi connectivity index (χ1n) is 9.66. The van der Waals surface area contributed by atoms with Crippen LogP contribution in [0.4, 0.5) is 29.3 Å². The first-order valence-corrected chi connectivity index (χ1v) is 9.66. The van der Waals surface area contributed by atoms with E-state index in [-0.39, 0.29) is 17.8 Å². The van der Waals surface area contributed by atoms with Crippen LogP contribution in [-0.4, -0.2) is 23.1 Å². The van der Waals surface area contributed by atoms with Crippen molar-refractivity contribution >= 4 is 23.1 Å². The molecule has 160 valence electrons. The largest absolute Gasteiger partial charge is 0.408 e. The van der Waals surface area contributed by atoms with Crippen molar-refractivity contribution in [2.24, 2.45) is 0 Å². The van der Waals surface area contributed by atoms with Crippen LogP contribution >= 0.6 is 0 Å². The van der Waals surface area contributed by atoms with Crippen LogP contribution in [-0.2, 0) is 6.54 Å². The van der Waals surface area contributed by atoms with Gasteiger partial charge in [-0.2, -0.15) is 13.2 Å². The Bertz CT molecular complexity index is 957. The highest BCUT2D eigenvalue weighted by Crippen LogP contribution is 2.35. The van der Waals surface area contributed by atoms with Gasteiger partial charge in [-0.25, -0.2) is 4.79 Å². The second-order valence-electron chi connectivity index (χ2n) is 7.35. The minimum atomic E-state index is -4.38. The topological polar surface area (TPSA) is 70.4 Å². The Balaban J connectivity index is 1.91. The lowest BCUT2D eigenvalue weighted by molar-refractivity contribution is -0.148. The number of fused-ring (bicyclic) bond motifs is 1. The predicted octanol–water partition coefficient (Wildman–Crippen LogP) is 5.28. The molecule has 0 saturated carbocycles. The number of urea groups is 1. The van der Waals surface area contributed by atoms with E-state index in [1.54, 1.807) is 30.0 Å². The molecule has 2 amide bonds. The molecule has 0 unspecified atom stereocenters. The van der Waals surface area contributed by atoms with Crippen molar-refractivity contribution < 1.29 is 18.0 Å². The number of nitrogens with two attached hydrogens (primary N) is 1. The summed E-state index contributed by atoms with van der Waals surface area (Å²) in [5.74, 6) is 0. The number of hydrogen-bond acceptors (Lipinski definition) is 3. The third kappa shape index (κ3) is 4.37. The summed E-state index contributed by atoms with van der Waals surface area (Å²) >= 11 is 0. The van der Waals surface area contributed by atoms with E-state index in [0.29, 0.717) is 23.5 Å².